The van der Waals surface area contributed by atoms with E-state index in [9.17, 15) is 0 Å². The quantitative estimate of drug-likeness (QED) is 0.553. The Morgan fingerprint density at radius 3 is 2.64 bits per heavy atom. The molecular formula is C19H18ClN3S2. The maximum Gasteiger partial charge on any atom is 0.171 e. The van der Waals surface area contributed by atoms with E-state index in [2.05, 4.69) is 34.0 Å². The van der Waals surface area contributed by atoms with Crippen molar-refractivity contribution in [2.24, 2.45) is 0 Å². The standard InChI is InChI=1S/C19H18ClN3S2/c1-12(14-6-8-16(20)9-7-14)21-19(24)23-17-5-3-4-15(10-17)18-11-25-13(2)22-18/h3-12H,1-2H3,(H2,21,23,24)/t12-/m0/s1. The molecular weight excluding hydrogens is 370 g/mol. The maximum absolute atomic E-state index is 5.93. The molecule has 2 N–H and O–H groups in total. The van der Waals surface area contributed by atoms with Gasteiger partial charge in [-0.15, -0.1) is 11.3 Å². The van der Waals surface area contributed by atoms with Gasteiger partial charge in [0.25, 0.3) is 0 Å². The highest BCUT2D eigenvalue weighted by atomic mass is 35.5. The topological polar surface area (TPSA) is 37.0 Å². The fourth-order valence-corrected chi connectivity index (χ4v) is 3.49. The van der Waals surface area contributed by atoms with Crippen LogP contribution in [-0.2, 0) is 0 Å². The summed E-state index contributed by atoms with van der Waals surface area (Å²) in [4.78, 5) is 4.53. The second kappa shape index (κ2) is 7.95. The SMILES string of the molecule is Cc1nc(-c2cccc(NC(=S)N[C@@H](C)c3ccc(Cl)cc3)c2)cs1. The molecule has 128 valence electrons. The smallest absolute Gasteiger partial charge is 0.171 e. The van der Waals surface area contributed by atoms with Gasteiger partial charge >= 0.3 is 0 Å². The number of thiazole rings is 1. The van der Waals surface area contributed by atoms with Crippen LogP contribution in [0.1, 0.15) is 23.5 Å². The van der Waals surface area contributed by atoms with Gasteiger partial charge in [0, 0.05) is 21.7 Å². The van der Waals surface area contributed by atoms with E-state index >= 15 is 0 Å². The predicted octanol–water partition coefficient (Wildman–Crippen LogP) is 5.82. The van der Waals surface area contributed by atoms with Gasteiger partial charge in [-0.2, -0.15) is 0 Å². The molecule has 0 aliphatic rings. The van der Waals surface area contributed by atoms with Crippen LogP contribution < -0.4 is 10.6 Å². The molecule has 1 aromatic heterocycles. The average Bonchev–Trinajstić information content (AvgIpc) is 3.02. The molecule has 0 aliphatic heterocycles. The summed E-state index contributed by atoms with van der Waals surface area (Å²) in [5.74, 6) is 0. The van der Waals surface area contributed by atoms with Crippen molar-refractivity contribution in [3.05, 3.63) is 69.5 Å². The Morgan fingerprint density at radius 2 is 1.96 bits per heavy atom. The van der Waals surface area contributed by atoms with Crippen LogP contribution in [0.25, 0.3) is 11.3 Å². The minimum atomic E-state index is 0.0849. The number of anilines is 1. The summed E-state index contributed by atoms with van der Waals surface area (Å²) >= 11 is 13.0. The third-order valence-corrected chi connectivity index (χ3v) is 5.00. The lowest BCUT2D eigenvalue weighted by molar-refractivity contribution is 0.723. The maximum atomic E-state index is 5.93. The van der Waals surface area contributed by atoms with Crippen molar-refractivity contribution < 1.29 is 0 Å². The first-order valence-electron chi connectivity index (χ1n) is 7.87. The first-order chi connectivity index (χ1) is 12.0. The van der Waals surface area contributed by atoms with E-state index in [0.717, 1.165) is 32.5 Å². The van der Waals surface area contributed by atoms with Gasteiger partial charge in [-0.3, -0.25) is 0 Å². The Hall–Kier alpha value is -1.95. The number of hydrogen-bond donors (Lipinski definition) is 2. The van der Waals surface area contributed by atoms with E-state index < -0.39 is 0 Å². The lowest BCUT2D eigenvalue weighted by Gasteiger charge is -2.17. The molecule has 6 heteroatoms. The molecule has 0 saturated heterocycles. The molecule has 0 saturated carbocycles. The lowest BCUT2D eigenvalue weighted by atomic mass is 10.1. The van der Waals surface area contributed by atoms with Crippen molar-refractivity contribution in [2.45, 2.75) is 19.9 Å². The first-order valence-corrected chi connectivity index (χ1v) is 9.53. The van der Waals surface area contributed by atoms with Gasteiger partial charge in [0.05, 0.1) is 16.7 Å². The number of hydrogen-bond acceptors (Lipinski definition) is 3. The van der Waals surface area contributed by atoms with Gasteiger partial charge in [-0.25, -0.2) is 4.98 Å². The van der Waals surface area contributed by atoms with Crippen LogP contribution in [0.2, 0.25) is 5.02 Å². The zero-order chi connectivity index (χ0) is 17.8. The van der Waals surface area contributed by atoms with Gasteiger partial charge in [0.15, 0.2) is 5.11 Å². The molecule has 1 atom stereocenters. The third-order valence-electron chi connectivity index (χ3n) is 3.75. The van der Waals surface area contributed by atoms with Gasteiger partial charge in [0.2, 0.25) is 0 Å². The normalized spacial score (nSPS) is 11.8. The van der Waals surface area contributed by atoms with Gasteiger partial charge < -0.3 is 10.6 Å². The van der Waals surface area contributed by atoms with E-state index in [1.165, 1.54) is 0 Å². The lowest BCUT2D eigenvalue weighted by Crippen LogP contribution is -2.30. The van der Waals surface area contributed by atoms with Crippen molar-refractivity contribution in [1.29, 1.82) is 0 Å². The van der Waals surface area contributed by atoms with Crippen molar-refractivity contribution >= 4 is 46.0 Å². The van der Waals surface area contributed by atoms with Crippen LogP contribution in [-0.4, -0.2) is 10.1 Å². The number of rotatable bonds is 4. The minimum absolute atomic E-state index is 0.0849. The average molecular weight is 388 g/mol. The Kier molecular flexibility index (Phi) is 5.68. The molecule has 1 heterocycles. The number of benzene rings is 2. The fraction of sp³-hybridized carbons (Fsp3) is 0.158. The highest BCUT2D eigenvalue weighted by Crippen LogP contribution is 2.24. The van der Waals surface area contributed by atoms with Crippen molar-refractivity contribution in [3.63, 3.8) is 0 Å². The summed E-state index contributed by atoms with van der Waals surface area (Å²) in [5.41, 5.74) is 4.12. The van der Waals surface area contributed by atoms with Crippen molar-refractivity contribution in [3.8, 4) is 11.3 Å². The molecule has 3 rings (SSSR count). The summed E-state index contributed by atoms with van der Waals surface area (Å²) in [6.45, 7) is 4.07. The molecule has 0 aliphatic carbocycles. The Balaban J connectivity index is 1.65. The summed E-state index contributed by atoms with van der Waals surface area (Å²) in [5, 5.41) is 11.0. The van der Waals surface area contributed by atoms with E-state index in [-0.39, 0.29) is 6.04 Å². The van der Waals surface area contributed by atoms with Crippen molar-refractivity contribution in [1.82, 2.24) is 10.3 Å². The van der Waals surface area contributed by atoms with E-state index in [0.29, 0.717) is 5.11 Å². The Morgan fingerprint density at radius 1 is 1.20 bits per heavy atom. The van der Waals surface area contributed by atoms with Crippen LogP contribution in [0.5, 0.6) is 0 Å². The zero-order valence-corrected chi connectivity index (χ0v) is 16.3. The summed E-state index contributed by atoms with van der Waals surface area (Å²) < 4.78 is 0. The molecule has 0 unspecified atom stereocenters. The molecule has 0 radical (unpaired) electrons. The summed E-state index contributed by atoms with van der Waals surface area (Å²) in [6.07, 6.45) is 0. The van der Waals surface area contributed by atoms with Crippen molar-refractivity contribution in [2.75, 3.05) is 5.32 Å². The summed E-state index contributed by atoms with van der Waals surface area (Å²) in [6, 6.07) is 15.9. The second-order valence-electron chi connectivity index (χ2n) is 5.70. The van der Waals surface area contributed by atoms with Crippen LogP contribution in [0.4, 0.5) is 5.69 Å². The fourth-order valence-electron chi connectivity index (χ4n) is 2.45. The summed E-state index contributed by atoms with van der Waals surface area (Å²) in [7, 11) is 0. The molecule has 0 amide bonds. The monoisotopic (exact) mass is 387 g/mol. The van der Waals surface area contributed by atoms with Crippen LogP contribution in [0.3, 0.4) is 0 Å². The molecule has 0 fully saturated rings. The Bertz CT molecular complexity index is 874. The first kappa shape index (κ1) is 17.9. The minimum Gasteiger partial charge on any atom is -0.356 e. The molecule has 25 heavy (non-hydrogen) atoms. The number of aromatic nitrogens is 1. The number of nitrogens with one attached hydrogen (secondary N) is 2. The van der Waals surface area contributed by atoms with E-state index in [1.54, 1.807) is 11.3 Å². The van der Waals surface area contributed by atoms with Crippen LogP contribution in [0, 0.1) is 6.92 Å². The number of nitrogens with zero attached hydrogens (tertiary/aromatic N) is 1. The van der Waals surface area contributed by atoms with Gasteiger partial charge in [-0.05, 0) is 55.9 Å². The zero-order valence-electron chi connectivity index (χ0n) is 13.9. The van der Waals surface area contributed by atoms with Gasteiger partial charge in [0.1, 0.15) is 0 Å². The molecule has 3 nitrogen and oxygen atoms in total. The number of thiocarbonyl (C=S) groups is 1. The Labute approximate surface area is 162 Å². The van der Waals surface area contributed by atoms with Gasteiger partial charge in [-0.1, -0.05) is 35.9 Å². The van der Waals surface area contributed by atoms with E-state index in [1.807, 2.05) is 49.4 Å². The van der Waals surface area contributed by atoms with Crippen LogP contribution >= 0.6 is 35.2 Å². The number of aryl methyl sites for hydroxylation is 1. The molecule has 0 bridgehead atoms. The van der Waals surface area contributed by atoms with Crippen LogP contribution in [0.15, 0.2) is 53.9 Å². The third kappa shape index (κ3) is 4.78. The van der Waals surface area contributed by atoms with E-state index in [4.69, 9.17) is 23.8 Å². The molecule has 3 aromatic rings. The largest absolute Gasteiger partial charge is 0.356 e. The predicted molar refractivity (Wildman–Crippen MR) is 112 cm³/mol. The highest BCUT2D eigenvalue weighted by molar-refractivity contribution is 7.80. The molecule has 2 aromatic carbocycles. The second-order valence-corrected chi connectivity index (χ2v) is 7.61. The highest BCUT2D eigenvalue weighted by Gasteiger charge is 2.08. The molecule has 0 spiro atoms. The number of halogens is 1.